The second-order valence-electron chi connectivity index (χ2n) is 4.98. The first kappa shape index (κ1) is 14.6. The summed E-state index contributed by atoms with van der Waals surface area (Å²) >= 11 is 5.05. The Hall–Kier alpha value is -1.30. The third kappa shape index (κ3) is 3.48. The molecule has 0 radical (unpaired) electrons. The number of hydrogen-bond acceptors (Lipinski definition) is 4. The number of fused-ring (bicyclic) bond motifs is 1. The minimum Gasteiger partial charge on any atom is -0.431 e. The average Bonchev–Trinajstić information content (AvgIpc) is 2.83. The summed E-state index contributed by atoms with van der Waals surface area (Å²) in [4.78, 5) is 5.63. The van der Waals surface area contributed by atoms with Crippen molar-refractivity contribution in [3.8, 4) is 0 Å². The quantitative estimate of drug-likeness (QED) is 0.734. The van der Waals surface area contributed by atoms with Crippen molar-refractivity contribution in [1.82, 2.24) is 4.98 Å². The van der Waals surface area contributed by atoms with Gasteiger partial charge in [0.25, 0.3) is 5.22 Å². The maximum atomic E-state index is 5.93. The molecule has 2 N–H and O–H groups in total. The van der Waals surface area contributed by atoms with Gasteiger partial charge in [-0.2, -0.15) is 0 Å². The molecule has 1 unspecified atom stereocenters. The van der Waals surface area contributed by atoms with E-state index in [1.165, 1.54) is 17.3 Å². The summed E-state index contributed by atoms with van der Waals surface area (Å²) < 4.78 is 6.81. The minimum absolute atomic E-state index is 0.120. The molecule has 3 nitrogen and oxygen atoms in total. The molecule has 0 aliphatic heterocycles. The van der Waals surface area contributed by atoms with Crippen molar-refractivity contribution < 1.29 is 4.42 Å². The third-order valence-electron chi connectivity index (χ3n) is 3.04. The van der Waals surface area contributed by atoms with Crippen LogP contribution in [0, 0.1) is 0 Å². The molecule has 108 valence electrons. The van der Waals surface area contributed by atoms with Crippen molar-refractivity contribution in [3.63, 3.8) is 0 Å². The molecule has 1 heterocycles. The second kappa shape index (κ2) is 6.22. The number of benzene rings is 2. The van der Waals surface area contributed by atoms with Crippen LogP contribution in [-0.4, -0.2) is 11.0 Å². The van der Waals surface area contributed by atoms with Gasteiger partial charge >= 0.3 is 0 Å². The van der Waals surface area contributed by atoms with Crippen LogP contribution in [0.25, 0.3) is 11.1 Å². The van der Waals surface area contributed by atoms with Gasteiger partial charge in [-0.25, -0.2) is 4.98 Å². The van der Waals surface area contributed by atoms with Crippen LogP contribution in [0.2, 0.25) is 0 Å². The van der Waals surface area contributed by atoms with Crippen molar-refractivity contribution in [2.24, 2.45) is 5.73 Å². The highest BCUT2D eigenvalue weighted by Crippen LogP contribution is 2.34. The van der Waals surface area contributed by atoms with Crippen molar-refractivity contribution >= 4 is 38.8 Å². The summed E-state index contributed by atoms with van der Waals surface area (Å²) in [5.41, 5.74) is 8.82. The fourth-order valence-electron chi connectivity index (χ4n) is 2.13. The van der Waals surface area contributed by atoms with Gasteiger partial charge in [-0.15, -0.1) is 0 Å². The lowest BCUT2D eigenvalue weighted by Crippen LogP contribution is -2.18. The summed E-state index contributed by atoms with van der Waals surface area (Å²) in [6, 6.07) is 14.1. The Balaban J connectivity index is 1.94. The van der Waals surface area contributed by atoms with Crippen LogP contribution in [0.3, 0.4) is 0 Å². The molecule has 5 heteroatoms. The Morgan fingerprint density at radius 1 is 1.29 bits per heavy atom. The third-order valence-corrected chi connectivity index (χ3v) is 4.49. The first-order chi connectivity index (χ1) is 10.1. The van der Waals surface area contributed by atoms with E-state index < -0.39 is 0 Å². The van der Waals surface area contributed by atoms with E-state index in [-0.39, 0.29) is 6.04 Å². The van der Waals surface area contributed by atoms with E-state index in [0.717, 1.165) is 26.9 Å². The highest BCUT2D eigenvalue weighted by Gasteiger charge is 2.12. The van der Waals surface area contributed by atoms with Gasteiger partial charge in [0, 0.05) is 15.4 Å². The molecule has 0 aliphatic carbocycles. The predicted octanol–water partition coefficient (Wildman–Crippen LogP) is 4.63. The molecular formula is C16H15BrN2OS. The van der Waals surface area contributed by atoms with Gasteiger partial charge in [-0.05, 0) is 54.9 Å². The molecule has 0 bridgehead atoms. The van der Waals surface area contributed by atoms with E-state index in [4.69, 9.17) is 10.2 Å². The molecule has 0 amide bonds. The molecule has 1 atom stereocenters. The van der Waals surface area contributed by atoms with E-state index >= 15 is 0 Å². The van der Waals surface area contributed by atoms with E-state index in [0.29, 0.717) is 5.22 Å². The maximum Gasteiger partial charge on any atom is 0.261 e. The van der Waals surface area contributed by atoms with Crippen molar-refractivity contribution in [2.45, 2.75) is 29.5 Å². The largest absolute Gasteiger partial charge is 0.431 e. The Morgan fingerprint density at radius 2 is 2.10 bits per heavy atom. The number of halogens is 1. The van der Waals surface area contributed by atoms with Gasteiger partial charge in [-0.3, -0.25) is 0 Å². The highest BCUT2D eigenvalue weighted by atomic mass is 79.9. The van der Waals surface area contributed by atoms with E-state index in [2.05, 4.69) is 33.0 Å². The smallest absolute Gasteiger partial charge is 0.261 e. The fraction of sp³-hybridized carbons (Fsp3) is 0.188. The van der Waals surface area contributed by atoms with Crippen LogP contribution in [0.4, 0.5) is 0 Å². The van der Waals surface area contributed by atoms with Crippen LogP contribution in [0.5, 0.6) is 0 Å². The minimum atomic E-state index is 0.120. The van der Waals surface area contributed by atoms with Gasteiger partial charge in [0.1, 0.15) is 5.52 Å². The van der Waals surface area contributed by atoms with Crippen LogP contribution in [0.15, 0.2) is 61.5 Å². The van der Waals surface area contributed by atoms with Gasteiger partial charge in [0.2, 0.25) is 0 Å². The Bertz CT molecular complexity index is 737. The van der Waals surface area contributed by atoms with E-state index in [1.54, 1.807) is 0 Å². The number of hydrogen-bond donors (Lipinski definition) is 1. The monoisotopic (exact) mass is 362 g/mol. The lowest BCUT2D eigenvalue weighted by atomic mass is 10.1. The lowest BCUT2D eigenvalue weighted by Gasteiger charge is -2.10. The molecule has 0 saturated carbocycles. The highest BCUT2D eigenvalue weighted by molar-refractivity contribution is 9.10. The molecule has 0 saturated heterocycles. The molecule has 21 heavy (non-hydrogen) atoms. The number of nitrogens with two attached hydrogens (primary N) is 1. The van der Waals surface area contributed by atoms with Crippen LogP contribution >= 0.6 is 27.7 Å². The van der Waals surface area contributed by atoms with Gasteiger partial charge in [-0.1, -0.05) is 34.1 Å². The Kier molecular flexibility index (Phi) is 4.33. The zero-order valence-electron chi connectivity index (χ0n) is 11.5. The topological polar surface area (TPSA) is 52.0 Å². The molecule has 1 aromatic heterocycles. The zero-order valence-corrected chi connectivity index (χ0v) is 13.9. The summed E-state index contributed by atoms with van der Waals surface area (Å²) in [6.07, 6.45) is 0.829. The predicted molar refractivity (Wildman–Crippen MR) is 89.6 cm³/mol. The van der Waals surface area contributed by atoms with Crippen LogP contribution in [-0.2, 0) is 6.42 Å². The number of rotatable bonds is 4. The molecule has 0 spiro atoms. The molecule has 3 aromatic rings. The van der Waals surface area contributed by atoms with Crippen LogP contribution < -0.4 is 5.73 Å². The van der Waals surface area contributed by atoms with Gasteiger partial charge < -0.3 is 10.2 Å². The van der Waals surface area contributed by atoms with E-state index in [9.17, 15) is 0 Å². The molecule has 0 fully saturated rings. The normalized spacial score (nSPS) is 12.7. The number of para-hydroxylation sites is 2. The SMILES string of the molecule is CC(N)Cc1ccc(Br)cc1Sc1nc2ccccc2o1. The maximum absolute atomic E-state index is 5.93. The summed E-state index contributed by atoms with van der Waals surface area (Å²) in [5, 5.41) is 0.653. The molecule has 0 aliphatic rings. The average molecular weight is 363 g/mol. The van der Waals surface area contributed by atoms with Crippen molar-refractivity contribution in [1.29, 1.82) is 0 Å². The summed E-state index contributed by atoms with van der Waals surface area (Å²) in [7, 11) is 0. The van der Waals surface area contributed by atoms with Gasteiger partial charge in [0.05, 0.1) is 0 Å². The van der Waals surface area contributed by atoms with Crippen LogP contribution in [0.1, 0.15) is 12.5 Å². The Morgan fingerprint density at radius 3 is 2.86 bits per heavy atom. The Labute approximate surface area is 136 Å². The lowest BCUT2D eigenvalue weighted by molar-refractivity contribution is 0.489. The first-order valence-corrected chi connectivity index (χ1v) is 8.30. The van der Waals surface area contributed by atoms with Crippen molar-refractivity contribution in [3.05, 3.63) is 52.5 Å². The summed E-state index contributed by atoms with van der Waals surface area (Å²) in [5.74, 6) is 0. The standard InChI is InChI=1S/C16H15BrN2OS/c1-10(18)8-11-6-7-12(17)9-15(11)21-16-19-13-4-2-3-5-14(13)20-16/h2-7,9-10H,8,18H2,1H3. The molecular weight excluding hydrogens is 348 g/mol. The first-order valence-electron chi connectivity index (χ1n) is 6.69. The number of aromatic nitrogens is 1. The van der Waals surface area contributed by atoms with E-state index in [1.807, 2.05) is 37.3 Å². The van der Waals surface area contributed by atoms with Gasteiger partial charge in [0.15, 0.2) is 5.58 Å². The molecule has 3 rings (SSSR count). The number of oxazole rings is 1. The fourth-order valence-corrected chi connectivity index (χ4v) is 3.57. The number of nitrogens with zero attached hydrogens (tertiary/aromatic N) is 1. The molecule has 2 aromatic carbocycles. The van der Waals surface area contributed by atoms with Crippen molar-refractivity contribution in [2.75, 3.05) is 0 Å². The summed E-state index contributed by atoms with van der Waals surface area (Å²) in [6.45, 7) is 2.01. The zero-order chi connectivity index (χ0) is 14.8. The second-order valence-corrected chi connectivity index (χ2v) is 6.89.